The van der Waals surface area contributed by atoms with E-state index >= 15 is 0 Å². The minimum atomic E-state index is 0.517. The van der Waals surface area contributed by atoms with Crippen LogP contribution in [0.2, 0.25) is 0 Å². The lowest BCUT2D eigenvalue weighted by Gasteiger charge is -2.40. The summed E-state index contributed by atoms with van der Waals surface area (Å²) in [6.07, 6.45) is 5.53. The maximum absolute atomic E-state index is 5.28. The SMILES string of the molecule is COC1CC(NCC2(C)CCNCC2)C1. The largest absolute Gasteiger partial charge is 0.381 e. The van der Waals surface area contributed by atoms with Crippen LogP contribution in [0.4, 0.5) is 0 Å². The molecule has 0 atom stereocenters. The van der Waals surface area contributed by atoms with E-state index in [0.717, 1.165) is 0 Å². The maximum atomic E-state index is 5.28. The lowest BCUT2D eigenvalue weighted by molar-refractivity contribution is 0.0135. The van der Waals surface area contributed by atoms with Gasteiger partial charge >= 0.3 is 0 Å². The number of ether oxygens (including phenoxy) is 1. The normalized spacial score (nSPS) is 34.8. The zero-order valence-electron chi connectivity index (χ0n) is 10.0. The van der Waals surface area contributed by atoms with Gasteiger partial charge < -0.3 is 15.4 Å². The third kappa shape index (κ3) is 2.92. The van der Waals surface area contributed by atoms with Gasteiger partial charge in [0.25, 0.3) is 0 Å². The van der Waals surface area contributed by atoms with Gasteiger partial charge in [0.15, 0.2) is 0 Å². The van der Waals surface area contributed by atoms with Crippen molar-refractivity contribution in [3.8, 4) is 0 Å². The second-order valence-electron chi connectivity index (χ2n) is 5.47. The monoisotopic (exact) mass is 212 g/mol. The van der Waals surface area contributed by atoms with Gasteiger partial charge in [0.05, 0.1) is 6.10 Å². The summed E-state index contributed by atoms with van der Waals surface area (Å²) in [5.74, 6) is 0. The van der Waals surface area contributed by atoms with Crippen molar-refractivity contribution >= 4 is 0 Å². The Morgan fingerprint density at radius 3 is 2.60 bits per heavy atom. The van der Waals surface area contributed by atoms with Crippen molar-refractivity contribution in [3.63, 3.8) is 0 Å². The topological polar surface area (TPSA) is 33.3 Å². The van der Waals surface area contributed by atoms with E-state index in [1.54, 1.807) is 0 Å². The molecular weight excluding hydrogens is 188 g/mol. The Balaban J connectivity index is 1.65. The predicted molar refractivity (Wildman–Crippen MR) is 62.0 cm³/mol. The van der Waals surface area contributed by atoms with Gasteiger partial charge in [0.1, 0.15) is 0 Å². The van der Waals surface area contributed by atoms with Crippen LogP contribution in [0, 0.1) is 5.41 Å². The first-order chi connectivity index (χ1) is 7.22. The number of hydrogen-bond donors (Lipinski definition) is 2. The lowest BCUT2D eigenvalue weighted by Crippen LogP contribution is -2.50. The molecule has 0 bridgehead atoms. The molecule has 0 radical (unpaired) electrons. The van der Waals surface area contributed by atoms with Crippen LogP contribution >= 0.6 is 0 Å². The van der Waals surface area contributed by atoms with Gasteiger partial charge in [-0.1, -0.05) is 6.92 Å². The van der Waals surface area contributed by atoms with Crippen LogP contribution in [0.5, 0.6) is 0 Å². The number of rotatable bonds is 4. The fourth-order valence-electron chi connectivity index (χ4n) is 2.52. The molecule has 1 aliphatic heterocycles. The van der Waals surface area contributed by atoms with Crippen LogP contribution in [0.1, 0.15) is 32.6 Å². The minimum absolute atomic E-state index is 0.517. The van der Waals surface area contributed by atoms with E-state index in [1.807, 2.05) is 7.11 Å². The third-order valence-electron chi connectivity index (χ3n) is 4.06. The number of nitrogens with one attached hydrogen (secondary N) is 2. The molecule has 0 amide bonds. The molecule has 2 aliphatic rings. The van der Waals surface area contributed by atoms with Gasteiger partial charge in [-0.05, 0) is 44.2 Å². The molecular formula is C12H24N2O. The molecule has 0 unspecified atom stereocenters. The van der Waals surface area contributed by atoms with Crippen LogP contribution in [0.15, 0.2) is 0 Å². The fourth-order valence-corrected chi connectivity index (χ4v) is 2.52. The quantitative estimate of drug-likeness (QED) is 0.733. The van der Waals surface area contributed by atoms with E-state index in [1.165, 1.54) is 45.3 Å². The van der Waals surface area contributed by atoms with E-state index < -0.39 is 0 Å². The van der Waals surface area contributed by atoms with Crippen molar-refractivity contribution in [3.05, 3.63) is 0 Å². The molecule has 1 aliphatic carbocycles. The summed E-state index contributed by atoms with van der Waals surface area (Å²) >= 11 is 0. The van der Waals surface area contributed by atoms with Crippen LogP contribution in [-0.4, -0.2) is 38.9 Å². The number of methoxy groups -OCH3 is 1. The molecule has 88 valence electrons. The van der Waals surface area contributed by atoms with Gasteiger partial charge in [-0.2, -0.15) is 0 Å². The summed E-state index contributed by atoms with van der Waals surface area (Å²) in [6.45, 7) is 5.95. The van der Waals surface area contributed by atoms with E-state index in [4.69, 9.17) is 4.74 Å². The van der Waals surface area contributed by atoms with Crippen LogP contribution in [0.3, 0.4) is 0 Å². The van der Waals surface area contributed by atoms with Crippen molar-refractivity contribution in [1.82, 2.24) is 10.6 Å². The fraction of sp³-hybridized carbons (Fsp3) is 1.00. The van der Waals surface area contributed by atoms with Crippen LogP contribution < -0.4 is 10.6 Å². The molecule has 15 heavy (non-hydrogen) atoms. The average molecular weight is 212 g/mol. The molecule has 0 aromatic carbocycles. The first-order valence-electron chi connectivity index (χ1n) is 6.19. The Kier molecular flexibility index (Phi) is 3.65. The molecule has 1 saturated carbocycles. The zero-order valence-corrected chi connectivity index (χ0v) is 10.0. The van der Waals surface area contributed by atoms with E-state index in [2.05, 4.69) is 17.6 Å². The molecule has 2 fully saturated rings. The Morgan fingerprint density at radius 2 is 2.00 bits per heavy atom. The Morgan fingerprint density at radius 1 is 1.33 bits per heavy atom. The Labute approximate surface area is 93.0 Å². The molecule has 1 saturated heterocycles. The van der Waals surface area contributed by atoms with E-state index in [0.29, 0.717) is 17.6 Å². The van der Waals surface area contributed by atoms with Crippen molar-refractivity contribution in [1.29, 1.82) is 0 Å². The molecule has 2 rings (SSSR count). The highest BCUT2D eigenvalue weighted by Gasteiger charge is 2.32. The van der Waals surface area contributed by atoms with Crippen molar-refractivity contribution in [2.24, 2.45) is 5.41 Å². The second kappa shape index (κ2) is 4.81. The molecule has 3 nitrogen and oxygen atoms in total. The molecule has 0 aromatic heterocycles. The molecule has 0 aromatic rings. The van der Waals surface area contributed by atoms with Gasteiger partial charge in [-0.3, -0.25) is 0 Å². The van der Waals surface area contributed by atoms with Gasteiger partial charge in [0.2, 0.25) is 0 Å². The van der Waals surface area contributed by atoms with E-state index in [9.17, 15) is 0 Å². The van der Waals surface area contributed by atoms with Crippen molar-refractivity contribution in [2.45, 2.75) is 44.8 Å². The molecule has 0 spiro atoms. The van der Waals surface area contributed by atoms with Gasteiger partial charge in [-0.15, -0.1) is 0 Å². The van der Waals surface area contributed by atoms with Crippen molar-refractivity contribution in [2.75, 3.05) is 26.7 Å². The summed E-state index contributed by atoms with van der Waals surface area (Å²) in [7, 11) is 1.81. The highest BCUT2D eigenvalue weighted by Crippen LogP contribution is 2.29. The molecule has 3 heteroatoms. The lowest BCUT2D eigenvalue weighted by atomic mass is 9.80. The second-order valence-corrected chi connectivity index (χ2v) is 5.47. The Hall–Kier alpha value is -0.120. The Bertz CT molecular complexity index is 196. The van der Waals surface area contributed by atoms with Crippen LogP contribution in [-0.2, 0) is 4.74 Å². The summed E-state index contributed by atoms with van der Waals surface area (Å²) < 4.78 is 5.28. The third-order valence-corrected chi connectivity index (χ3v) is 4.06. The first kappa shape index (κ1) is 11.4. The van der Waals surface area contributed by atoms with Gasteiger partial charge in [0, 0.05) is 19.7 Å². The zero-order chi connectivity index (χ0) is 10.7. The molecule has 1 heterocycles. The van der Waals surface area contributed by atoms with E-state index in [-0.39, 0.29) is 0 Å². The number of piperidine rings is 1. The van der Waals surface area contributed by atoms with Crippen LogP contribution in [0.25, 0.3) is 0 Å². The molecule has 2 N–H and O–H groups in total. The average Bonchev–Trinajstić information content (AvgIpc) is 2.17. The summed E-state index contributed by atoms with van der Waals surface area (Å²) in [5, 5.41) is 7.11. The first-order valence-corrected chi connectivity index (χ1v) is 6.19. The summed E-state index contributed by atoms with van der Waals surface area (Å²) in [5.41, 5.74) is 0.517. The summed E-state index contributed by atoms with van der Waals surface area (Å²) in [6, 6.07) is 0.710. The summed E-state index contributed by atoms with van der Waals surface area (Å²) in [4.78, 5) is 0. The maximum Gasteiger partial charge on any atom is 0.0601 e. The van der Waals surface area contributed by atoms with Gasteiger partial charge in [-0.25, -0.2) is 0 Å². The highest BCUT2D eigenvalue weighted by molar-refractivity contribution is 4.89. The number of hydrogen-bond acceptors (Lipinski definition) is 3. The predicted octanol–water partition coefficient (Wildman–Crippen LogP) is 1.14. The standard InChI is InChI=1S/C12H24N2O/c1-12(3-5-13-6-4-12)9-14-10-7-11(8-10)15-2/h10-11,13-14H,3-9H2,1-2H3. The van der Waals surface area contributed by atoms with Crippen molar-refractivity contribution < 1.29 is 4.74 Å². The minimum Gasteiger partial charge on any atom is -0.381 e. The smallest absolute Gasteiger partial charge is 0.0601 e. The highest BCUT2D eigenvalue weighted by atomic mass is 16.5.